The number of halogens is 1. The van der Waals surface area contributed by atoms with E-state index in [2.05, 4.69) is 12.1 Å². The maximum atomic E-state index is 12.1. The molecule has 0 saturated carbocycles. The van der Waals surface area contributed by atoms with Crippen molar-refractivity contribution in [3.05, 3.63) is 35.9 Å². The number of likely N-dealkylation sites (tertiary alicyclic amines) is 1. The number of carbonyl (C=O) groups is 2. The maximum absolute atomic E-state index is 12.1. The standard InChI is InChI=1S/C14H19N3O2.ClH/c15-12(8-13(16)18)14(19)17-7-6-11(9-17)10-4-2-1-3-5-10;/h1-5,11-12H,6-9,15H2,(H2,16,18);1H. The third-order valence-electron chi connectivity index (χ3n) is 3.51. The van der Waals surface area contributed by atoms with E-state index in [0.717, 1.165) is 6.42 Å². The molecule has 20 heavy (non-hydrogen) atoms. The van der Waals surface area contributed by atoms with E-state index in [-0.39, 0.29) is 24.7 Å². The van der Waals surface area contributed by atoms with E-state index in [4.69, 9.17) is 11.5 Å². The second-order valence-corrected chi connectivity index (χ2v) is 4.96. The Balaban J connectivity index is 0.00000200. The number of hydrogen-bond acceptors (Lipinski definition) is 3. The lowest BCUT2D eigenvalue weighted by molar-refractivity contribution is -0.133. The van der Waals surface area contributed by atoms with Crippen molar-refractivity contribution in [2.24, 2.45) is 11.5 Å². The van der Waals surface area contributed by atoms with Crippen LogP contribution in [0, 0.1) is 0 Å². The molecule has 6 heteroatoms. The highest BCUT2D eigenvalue weighted by Crippen LogP contribution is 2.27. The van der Waals surface area contributed by atoms with Gasteiger partial charge >= 0.3 is 0 Å². The highest BCUT2D eigenvalue weighted by Gasteiger charge is 2.30. The van der Waals surface area contributed by atoms with Crippen LogP contribution in [0.4, 0.5) is 0 Å². The van der Waals surface area contributed by atoms with Crippen LogP contribution >= 0.6 is 12.4 Å². The SMILES string of the molecule is Cl.NC(=O)CC(N)C(=O)N1CCC(c2ccccc2)C1. The molecule has 4 N–H and O–H groups in total. The monoisotopic (exact) mass is 297 g/mol. The van der Waals surface area contributed by atoms with Gasteiger partial charge in [0, 0.05) is 19.0 Å². The molecule has 2 unspecified atom stereocenters. The summed E-state index contributed by atoms with van der Waals surface area (Å²) < 4.78 is 0. The minimum absolute atomic E-state index is 0. The zero-order valence-corrected chi connectivity index (χ0v) is 12.0. The first-order valence-corrected chi connectivity index (χ1v) is 6.45. The molecular weight excluding hydrogens is 278 g/mol. The number of carbonyl (C=O) groups excluding carboxylic acids is 2. The first-order valence-electron chi connectivity index (χ1n) is 6.45. The van der Waals surface area contributed by atoms with Crippen molar-refractivity contribution < 1.29 is 9.59 Å². The normalized spacial score (nSPS) is 19.2. The fraction of sp³-hybridized carbons (Fsp3) is 0.429. The molecular formula is C14H20ClN3O2. The van der Waals surface area contributed by atoms with E-state index < -0.39 is 11.9 Å². The summed E-state index contributed by atoms with van der Waals surface area (Å²) in [5.41, 5.74) is 12.0. The Hall–Kier alpha value is -1.59. The molecule has 2 atom stereocenters. The Bertz CT molecular complexity index is 467. The van der Waals surface area contributed by atoms with Crippen LogP contribution in [0.5, 0.6) is 0 Å². The van der Waals surface area contributed by atoms with Gasteiger partial charge in [-0.25, -0.2) is 0 Å². The summed E-state index contributed by atoms with van der Waals surface area (Å²) in [6.07, 6.45) is 0.838. The fourth-order valence-electron chi connectivity index (χ4n) is 2.50. The van der Waals surface area contributed by atoms with E-state index in [9.17, 15) is 9.59 Å². The van der Waals surface area contributed by atoms with Crippen LogP contribution in [-0.4, -0.2) is 35.8 Å². The average Bonchev–Trinajstić information content (AvgIpc) is 2.87. The number of nitrogens with zero attached hydrogens (tertiary/aromatic N) is 1. The lowest BCUT2D eigenvalue weighted by Crippen LogP contribution is -2.44. The molecule has 1 aliphatic rings. The Morgan fingerprint density at radius 1 is 1.30 bits per heavy atom. The summed E-state index contributed by atoms with van der Waals surface area (Å²) in [4.78, 5) is 24.6. The predicted octanol–water partition coefficient (Wildman–Crippen LogP) is 0.627. The van der Waals surface area contributed by atoms with Gasteiger partial charge in [-0.15, -0.1) is 12.4 Å². The van der Waals surface area contributed by atoms with Crippen molar-refractivity contribution in [1.29, 1.82) is 0 Å². The molecule has 1 aromatic rings. The topological polar surface area (TPSA) is 89.4 Å². The summed E-state index contributed by atoms with van der Waals surface area (Å²) in [6, 6.07) is 9.30. The third-order valence-corrected chi connectivity index (χ3v) is 3.51. The van der Waals surface area contributed by atoms with Crippen molar-refractivity contribution in [3.63, 3.8) is 0 Å². The molecule has 1 fully saturated rings. The zero-order valence-electron chi connectivity index (χ0n) is 11.2. The molecule has 1 aliphatic heterocycles. The summed E-state index contributed by atoms with van der Waals surface area (Å²) in [5, 5.41) is 0. The Morgan fingerprint density at radius 2 is 1.95 bits per heavy atom. The van der Waals surface area contributed by atoms with Crippen LogP contribution < -0.4 is 11.5 Å². The Kier molecular flexibility index (Phi) is 5.98. The molecule has 1 heterocycles. The number of rotatable bonds is 4. The van der Waals surface area contributed by atoms with Crippen molar-refractivity contribution >= 4 is 24.2 Å². The molecule has 0 radical (unpaired) electrons. The lowest BCUT2D eigenvalue weighted by Gasteiger charge is -2.20. The number of benzene rings is 1. The predicted molar refractivity (Wildman–Crippen MR) is 79.4 cm³/mol. The van der Waals surface area contributed by atoms with Crippen molar-refractivity contribution in [1.82, 2.24) is 4.90 Å². The van der Waals surface area contributed by atoms with Crippen LogP contribution in [0.2, 0.25) is 0 Å². The Morgan fingerprint density at radius 3 is 2.55 bits per heavy atom. The maximum Gasteiger partial charge on any atom is 0.240 e. The molecule has 0 aromatic heterocycles. The van der Waals surface area contributed by atoms with Crippen LogP contribution in [0.15, 0.2) is 30.3 Å². The van der Waals surface area contributed by atoms with Gasteiger partial charge in [0.25, 0.3) is 0 Å². The zero-order chi connectivity index (χ0) is 13.8. The van der Waals surface area contributed by atoms with Gasteiger partial charge in [0.2, 0.25) is 11.8 Å². The quantitative estimate of drug-likeness (QED) is 0.854. The summed E-state index contributed by atoms with van der Waals surface area (Å²) >= 11 is 0. The van der Waals surface area contributed by atoms with E-state index in [0.29, 0.717) is 19.0 Å². The average molecular weight is 298 g/mol. The van der Waals surface area contributed by atoms with Crippen molar-refractivity contribution in [3.8, 4) is 0 Å². The minimum Gasteiger partial charge on any atom is -0.370 e. The molecule has 0 aliphatic carbocycles. The molecule has 110 valence electrons. The molecule has 1 saturated heterocycles. The number of nitrogens with two attached hydrogens (primary N) is 2. The smallest absolute Gasteiger partial charge is 0.240 e. The van der Waals surface area contributed by atoms with E-state index in [1.54, 1.807) is 4.90 Å². The lowest BCUT2D eigenvalue weighted by atomic mass is 9.99. The molecule has 1 aromatic carbocycles. The van der Waals surface area contributed by atoms with Gasteiger partial charge in [-0.3, -0.25) is 9.59 Å². The second-order valence-electron chi connectivity index (χ2n) is 4.96. The molecule has 0 spiro atoms. The molecule has 2 amide bonds. The first-order chi connectivity index (χ1) is 9.08. The third kappa shape index (κ3) is 3.95. The van der Waals surface area contributed by atoms with E-state index in [1.165, 1.54) is 5.56 Å². The Labute approximate surface area is 124 Å². The fourth-order valence-corrected chi connectivity index (χ4v) is 2.50. The van der Waals surface area contributed by atoms with Gasteiger partial charge in [-0.1, -0.05) is 30.3 Å². The van der Waals surface area contributed by atoms with E-state index in [1.807, 2.05) is 18.2 Å². The highest BCUT2D eigenvalue weighted by molar-refractivity contribution is 5.87. The van der Waals surface area contributed by atoms with Crippen LogP contribution in [-0.2, 0) is 9.59 Å². The van der Waals surface area contributed by atoms with Gasteiger partial charge in [0.1, 0.15) is 0 Å². The first kappa shape index (κ1) is 16.5. The molecule has 0 bridgehead atoms. The molecule has 2 rings (SSSR count). The number of primary amides is 1. The largest absolute Gasteiger partial charge is 0.370 e. The van der Waals surface area contributed by atoms with E-state index >= 15 is 0 Å². The highest BCUT2D eigenvalue weighted by atomic mass is 35.5. The van der Waals surface area contributed by atoms with Gasteiger partial charge in [-0.05, 0) is 12.0 Å². The molecule has 5 nitrogen and oxygen atoms in total. The minimum atomic E-state index is -0.813. The van der Waals surface area contributed by atoms with Gasteiger partial charge in [0.05, 0.1) is 12.5 Å². The number of amides is 2. The van der Waals surface area contributed by atoms with Gasteiger partial charge in [0.15, 0.2) is 0 Å². The summed E-state index contributed by atoms with van der Waals surface area (Å²) in [5.74, 6) is -0.372. The van der Waals surface area contributed by atoms with Crippen LogP contribution in [0.3, 0.4) is 0 Å². The van der Waals surface area contributed by atoms with Crippen LogP contribution in [0.25, 0.3) is 0 Å². The number of hydrogen-bond donors (Lipinski definition) is 2. The van der Waals surface area contributed by atoms with Crippen molar-refractivity contribution in [2.45, 2.75) is 24.8 Å². The van der Waals surface area contributed by atoms with Crippen molar-refractivity contribution in [2.75, 3.05) is 13.1 Å². The second kappa shape index (κ2) is 7.26. The van der Waals surface area contributed by atoms with Gasteiger partial charge in [-0.2, -0.15) is 0 Å². The van der Waals surface area contributed by atoms with Crippen LogP contribution in [0.1, 0.15) is 24.3 Å². The summed E-state index contributed by atoms with van der Waals surface area (Å²) in [7, 11) is 0. The summed E-state index contributed by atoms with van der Waals surface area (Å²) in [6.45, 7) is 1.35. The van der Waals surface area contributed by atoms with Gasteiger partial charge < -0.3 is 16.4 Å².